The first-order valence-electron chi connectivity index (χ1n) is 11.2. The predicted molar refractivity (Wildman–Crippen MR) is 124 cm³/mol. The topological polar surface area (TPSA) is 73.4 Å². The number of methoxy groups -OCH3 is 1. The molecule has 1 amide bonds. The monoisotopic (exact) mass is 454 g/mol. The number of carbonyl (C=O) groups excluding carboxylic acids is 1. The molecule has 32 heavy (non-hydrogen) atoms. The number of rotatable bonds is 10. The van der Waals surface area contributed by atoms with Gasteiger partial charge in [0.1, 0.15) is 0 Å². The highest BCUT2D eigenvalue weighted by molar-refractivity contribution is 7.99. The summed E-state index contributed by atoms with van der Waals surface area (Å²) in [5.74, 6) is 1.83. The van der Waals surface area contributed by atoms with Crippen molar-refractivity contribution in [2.24, 2.45) is 0 Å². The van der Waals surface area contributed by atoms with Crippen molar-refractivity contribution in [3.63, 3.8) is 0 Å². The number of aromatic nitrogens is 3. The molecular formula is C24H30N4O3S. The lowest BCUT2D eigenvalue weighted by Gasteiger charge is -2.25. The third kappa shape index (κ3) is 5.61. The SMILES string of the molecule is COCCN(Cc1ccccc1)C(=O)CSc1nnc(-c2ccco2)n1C1CCCCC1. The van der Waals surface area contributed by atoms with Gasteiger partial charge in [-0.15, -0.1) is 10.2 Å². The van der Waals surface area contributed by atoms with Crippen LogP contribution in [0.3, 0.4) is 0 Å². The van der Waals surface area contributed by atoms with Crippen molar-refractivity contribution in [3.8, 4) is 11.6 Å². The zero-order valence-corrected chi connectivity index (χ0v) is 19.3. The van der Waals surface area contributed by atoms with E-state index in [2.05, 4.69) is 14.8 Å². The van der Waals surface area contributed by atoms with Crippen LogP contribution in [-0.2, 0) is 16.1 Å². The fourth-order valence-corrected chi connectivity index (χ4v) is 5.04. The lowest BCUT2D eigenvalue weighted by molar-refractivity contribution is -0.129. The maximum Gasteiger partial charge on any atom is 0.233 e. The molecule has 1 aromatic carbocycles. The van der Waals surface area contributed by atoms with Crippen LogP contribution in [0.25, 0.3) is 11.6 Å². The van der Waals surface area contributed by atoms with Crippen LogP contribution in [0.5, 0.6) is 0 Å². The maximum atomic E-state index is 13.1. The number of nitrogens with zero attached hydrogens (tertiary/aromatic N) is 4. The van der Waals surface area contributed by atoms with Gasteiger partial charge in [-0.1, -0.05) is 61.4 Å². The van der Waals surface area contributed by atoms with Crippen molar-refractivity contribution in [2.75, 3.05) is 26.0 Å². The van der Waals surface area contributed by atoms with Gasteiger partial charge >= 0.3 is 0 Å². The second-order valence-electron chi connectivity index (χ2n) is 8.03. The van der Waals surface area contributed by atoms with Crippen LogP contribution < -0.4 is 0 Å². The van der Waals surface area contributed by atoms with Crippen LogP contribution in [0.4, 0.5) is 0 Å². The molecule has 1 aliphatic rings. The second kappa shape index (κ2) is 11.3. The number of benzene rings is 1. The molecule has 1 fully saturated rings. The number of ether oxygens (including phenoxy) is 1. The standard InChI is InChI=1S/C24H30N4O3S/c1-30-16-14-27(17-19-9-4-2-5-10-19)22(29)18-32-24-26-25-23(21-13-8-15-31-21)28(24)20-11-6-3-7-12-20/h2,4-5,8-10,13,15,20H,3,6-7,11-12,14,16-18H2,1H3. The third-order valence-corrected chi connectivity index (χ3v) is 6.73. The molecule has 4 rings (SSSR count). The molecule has 1 saturated carbocycles. The lowest BCUT2D eigenvalue weighted by Crippen LogP contribution is -2.34. The van der Waals surface area contributed by atoms with Gasteiger partial charge in [-0.05, 0) is 30.5 Å². The van der Waals surface area contributed by atoms with E-state index in [-0.39, 0.29) is 5.91 Å². The summed E-state index contributed by atoms with van der Waals surface area (Å²) in [6.07, 6.45) is 7.52. The maximum absolute atomic E-state index is 13.1. The Morgan fingerprint density at radius 3 is 2.69 bits per heavy atom. The molecule has 8 heteroatoms. The van der Waals surface area contributed by atoms with Crippen LogP contribution >= 0.6 is 11.8 Å². The van der Waals surface area contributed by atoms with Crippen LogP contribution in [0.15, 0.2) is 58.3 Å². The number of carbonyl (C=O) groups is 1. The number of amides is 1. The Balaban J connectivity index is 1.49. The van der Waals surface area contributed by atoms with Crippen LogP contribution in [0.2, 0.25) is 0 Å². The highest BCUT2D eigenvalue weighted by atomic mass is 32.2. The molecule has 7 nitrogen and oxygen atoms in total. The summed E-state index contributed by atoms with van der Waals surface area (Å²) >= 11 is 1.45. The van der Waals surface area contributed by atoms with E-state index in [1.807, 2.05) is 47.4 Å². The van der Waals surface area contributed by atoms with Gasteiger partial charge in [0.2, 0.25) is 11.7 Å². The first-order valence-corrected chi connectivity index (χ1v) is 12.2. The molecule has 170 valence electrons. The number of hydrogen-bond donors (Lipinski definition) is 0. The number of hydrogen-bond acceptors (Lipinski definition) is 6. The van der Waals surface area contributed by atoms with E-state index in [1.54, 1.807) is 13.4 Å². The summed E-state index contributed by atoms with van der Waals surface area (Å²) < 4.78 is 13.0. The van der Waals surface area contributed by atoms with E-state index >= 15 is 0 Å². The fourth-order valence-electron chi connectivity index (χ4n) is 4.13. The van der Waals surface area contributed by atoms with Crippen molar-refractivity contribution in [3.05, 3.63) is 54.3 Å². The van der Waals surface area contributed by atoms with Crippen molar-refractivity contribution in [2.45, 2.75) is 49.8 Å². The zero-order valence-electron chi connectivity index (χ0n) is 18.5. The van der Waals surface area contributed by atoms with E-state index in [9.17, 15) is 4.79 Å². The van der Waals surface area contributed by atoms with Crippen molar-refractivity contribution < 1.29 is 13.9 Å². The number of furan rings is 1. The highest BCUT2D eigenvalue weighted by Crippen LogP contribution is 2.35. The Kier molecular flexibility index (Phi) is 8.01. The van der Waals surface area contributed by atoms with Crippen molar-refractivity contribution in [1.82, 2.24) is 19.7 Å². The summed E-state index contributed by atoms with van der Waals surface area (Å²) in [6, 6.07) is 14.2. The molecule has 0 aliphatic heterocycles. The Labute approximate surface area is 193 Å². The van der Waals surface area contributed by atoms with Crippen molar-refractivity contribution in [1.29, 1.82) is 0 Å². The Morgan fingerprint density at radius 1 is 1.16 bits per heavy atom. The molecule has 0 saturated heterocycles. The van der Waals surface area contributed by atoms with E-state index < -0.39 is 0 Å². The summed E-state index contributed by atoms with van der Waals surface area (Å²) in [4.78, 5) is 15.0. The number of thioether (sulfide) groups is 1. The van der Waals surface area contributed by atoms with Crippen LogP contribution in [0, 0.1) is 0 Å². The zero-order chi connectivity index (χ0) is 22.2. The van der Waals surface area contributed by atoms with E-state index in [0.717, 1.165) is 29.4 Å². The summed E-state index contributed by atoms with van der Waals surface area (Å²) in [5.41, 5.74) is 1.10. The minimum atomic E-state index is 0.0636. The summed E-state index contributed by atoms with van der Waals surface area (Å²) in [7, 11) is 1.66. The molecule has 0 spiro atoms. The van der Waals surface area contributed by atoms with Crippen molar-refractivity contribution >= 4 is 17.7 Å². The Hall–Kier alpha value is -2.58. The molecule has 0 N–H and O–H groups in total. The smallest absolute Gasteiger partial charge is 0.233 e. The minimum absolute atomic E-state index is 0.0636. The van der Waals surface area contributed by atoms with Gasteiger partial charge in [-0.2, -0.15) is 0 Å². The van der Waals surface area contributed by atoms with Gasteiger partial charge < -0.3 is 14.1 Å². The largest absolute Gasteiger partial charge is 0.461 e. The third-order valence-electron chi connectivity index (χ3n) is 5.80. The second-order valence-corrected chi connectivity index (χ2v) is 8.97. The first kappa shape index (κ1) is 22.6. The molecular weight excluding hydrogens is 424 g/mol. The van der Waals surface area contributed by atoms with Crippen LogP contribution in [0.1, 0.15) is 43.7 Å². The average Bonchev–Trinajstić information content (AvgIpc) is 3.51. The Morgan fingerprint density at radius 2 is 1.97 bits per heavy atom. The van der Waals surface area contributed by atoms with Gasteiger partial charge in [0.15, 0.2) is 10.9 Å². The summed E-state index contributed by atoms with van der Waals surface area (Å²) in [5, 5.41) is 9.65. The molecule has 0 atom stereocenters. The van der Waals surface area contributed by atoms with E-state index in [4.69, 9.17) is 9.15 Å². The minimum Gasteiger partial charge on any atom is -0.461 e. The Bertz CT molecular complexity index is 969. The van der Waals surface area contributed by atoms with E-state index in [1.165, 1.54) is 31.0 Å². The summed E-state index contributed by atoms with van der Waals surface area (Å²) in [6.45, 7) is 1.62. The van der Waals surface area contributed by atoms with E-state index in [0.29, 0.717) is 37.3 Å². The molecule has 0 unspecified atom stereocenters. The van der Waals surface area contributed by atoms with Gasteiger partial charge in [-0.3, -0.25) is 9.36 Å². The molecule has 3 aromatic rings. The first-order chi connectivity index (χ1) is 15.8. The van der Waals surface area contributed by atoms with Gasteiger partial charge in [0.25, 0.3) is 0 Å². The van der Waals surface area contributed by atoms with Gasteiger partial charge in [-0.25, -0.2) is 0 Å². The lowest BCUT2D eigenvalue weighted by atomic mass is 9.95. The van der Waals surface area contributed by atoms with Gasteiger partial charge in [0.05, 0.1) is 18.6 Å². The molecule has 2 heterocycles. The van der Waals surface area contributed by atoms with Gasteiger partial charge in [0, 0.05) is 26.2 Å². The quantitative estimate of drug-likeness (QED) is 0.409. The molecule has 0 radical (unpaired) electrons. The van der Waals surface area contributed by atoms with Crippen LogP contribution in [-0.4, -0.2) is 51.6 Å². The predicted octanol–water partition coefficient (Wildman–Crippen LogP) is 4.81. The average molecular weight is 455 g/mol. The molecule has 2 aromatic heterocycles. The fraction of sp³-hybridized carbons (Fsp3) is 0.458. The highest BCUT2D eigenvalue weighted by Gasteiger charge is 2.26. The molecule has 0 bridgehead atoms. The molecule has 1 aliphatic carbocycles. The normalized spacial score (nSPS) is 14.5.